The number of allylic oxidation sites excluding steroid dienone is 1. The van der Waals surface area contributed by atoms with Crippen LogP contribution in [0.25, 0.3) is 49.2 Å². The van der Waals surface area contributed by atoms with E-state index in [-0.39, 0.29) is 84.9 Å². The smallest absolute Gasteiger partial charge is 0.283 e. The second-order valence-electron chi connectivity index (χ2n) is 14.3. The highest BCUT2D eigenvalue weighted by Crippen LogP contribution is 2.53. The molecule has 0 aliphatic heterocycles. The molecule has 304 valence electrons. The average molecular weight is 827 g/mol. The number of nitrogens with one attached hydrogen (secondary N) is 2. The highest BCUT2D eigenvalue weighted by atomic mass is 32.2. The summed E-state index contributed by atoms with van der Waals surface area (Å²) in [6.45, 7) is 0.830. The number of methoxy groups -OCH3 is 1. The van der Waals surface area contributed by atoms with Crippen molar-refractivity contribution in [3.05, 3.63) is 66.0 Å². The molecule has 16 nitrogen and oxygen atoms in total. The molecule has 57 heavy (non-hydrogen) atoms. The summed E-state index contributed by atoms with van der Waals surface area (Å²) in [5.41, 5.74) is 2.38. The van der Waals surface area contributed by atoms with Gasteiger partial charge in [0.1, 0.15) is 11.7 Å². The molecule has 0 saturated heterocycles. The Kier molecular flexibility index (Phi) is 11.8. The van der Waals surface area contributed by atoms with Gasteiger partial charge in [-0.3, -0.25) is 28.3 Å². The van der Waals surface area contributed by atoms with Gasteiger partial charge in [-0.25, -0.2) is 0 Å². The summed E-state index contributed by atoms with van der Waals surface area (Å²) in [5, 5.41) is 41.2. The number of unbranched alkanes of at least 4 members (excludes halogenated alkanes) is 1. The van der Waals surface area contributed by atoms with Gasteiger partial charge in [0.05, 0.1) is 36.8 Å². The number of aromatic hydroxyl groups is 1. The summed E-state index contributed by atoms with van der Waals surface area (Å²) in [6.07, 6.45) is 2.74. The molecule has 0 spiro atoms. The van der Waals surface area contributed by atoms with E-state index in [4.69, 9.17) is 13.8 Å². The van der Waals surface area contributed by atoms with Crippen molar-refractivity contribution in [1.82, 2.24) is 5.32 Å². The van der Waals surface area contributed by atoms with Crippen molar-refractivity contribution in [1.29, 1.82) is 0 Å². The molecule has 0 bridgehead atoms. The molecular formula is C39H42N2O14S2. The van der Waals surface area contributed by atoms with Crippen LogP contribution < -0.4 is 26.2 Å². The van der Waals surface area contributed by atoms with Gasteiger partial charge in [0, 0.05) is 47.8 Å². The molecule has 6 rings (SSSR count). The third kappa shape index (κ3) is 8.10. The molecule has 5 aromatic carbocycles. The minimum atomic E-state index is -4.43. The number of ketones is 1. The zero-order valence-electron chi connectivity index (χ0n) is 31.2. The summed E-state index contributed by atoms with van der Waals surface area (Å²) in [6, 6.07) is 2.49. The largest absolute Gasteiger partial charge is 0.504 e. The summed E-state index contributed by atoms with van der Waals surface area (Å²) < 4.78 is 68.5. The third-order valence-corrected chi connectivity index (χ3v) is 11.6. The van der Waals surface area contributed by atoms with Crippen LogP contribution in [0.5, 0.6) is 11.5 Å². The number of carbonyl (C=O) groups excluding carboxylic acids is 2. The first kappa shape index (κ1) is 41.6. The monoisotopic (exact) mass is 826 g/mol. The lowest BCUT2D eigenvalue weighted by Crippen LogP contribution is -2.28. The molecule has 0 heterocycles. The first-order chi connectivity index (χ1) is 26.9. The Morgan fingerprint density at radius 2 is 1.42 bits per heavy atom. The van der Waals surface area contributed by atoms with Crippen molar-refractivity contribution in [2.75, 3.05) is 30.6 Å². The van der Waals surface area contributed by atoms with E-state index in [9.17, 15) is 51.3 Å². The Hall–Kier alpha value is -4.98. The van der Waals surface area contributed by atoms with Crippen molar-refractivity contribution in [2.45, 2.75) is 71.5 Å². The first-order valence-electron chi connectivity index (χ1n) is 18.2. The number of aliphatic hydroxyl groups is 2. The maximum Gasteiger partial charge on any atom is 0.283 e. The van der Waals surface area contributed by atoms with Crippen molar-refractivity contribution < 1.29 is 55.6 Å². The molecule has 1 aliphatic rings. The van der Waals surface area contributed by atoms with E-state index in [1.54, 1.807) is 0 Å². The van der Waals surface area contributed by atoms with E-state index in [0.29, 0.717) is 61.1 Å². The van der Waals surface area contributed by atoms with Crippen molar-refractivity contribution in [3.8, 4) is 11.5 Å². The fraction of sp³-hybridized carbons (Fsp3) is 0.385. The lowest BCUT2D eigenvalue weighted by molar-refractivity contribution is -0.121. The molecule has 5 aromatic rings. The summed E-state index contributed by atoms with van der Waals surface area (Å²) in [7, 11) is -7.40. The molecule has 1 amide bonds. The molecule has 0 fully saturated rings. The van der Waals surface area contributed by atoms with Crippen molar-refractivity contribution in [2.24, 2.45) is 0 Å². The summed E-state index contributed by atoms with van der Waals surface area (Å²) >= 11 is 0. The minimum Gasteiger partial charge on any atom is -0.504 e. The fourth-order valence-corrected chi connectivity index (χ4v) is 8.98. The summed E-state index contributed by atoms with van der Waals surface area (Å²) in [5.74, 6) is -2.99. The van der Waals surface area contributed by atoms with Crippen LogP contribution in [0.4, 0.5) is 5.69 Å². The van der Waals surface area contributed by atoms with Crippen molar-refractivity contribution in [3.63, 3.8) is 0 Å². The Morgan fingerprint density at radius 3 is 2.02 bits per heavy atom. The van der Waals surface area contributed by atoms with Gasteiger partial charge in [-0.2, -0.15) is 16.8 Å². The molecule has 7 N–H and O–H groups in total. The number of hydrogen-bond donors (Lipinski definition) is 7. The number of phenols is 1. The quantitative estimate of drug-likeness (QED) is 0.0289. The van der Waals surface area contributed by atoms with Crippen molar-refractivity contribution >= 4 is 86.8 Å². The fourth-order valence-electron chi connectivity index (χ4n) is 8.15. The second kappa shape index (κ2) is 16.1. The Balaban J connectivity index is 1.64. The first-order valence-corrected chi connectivity index (χ1v) is 21.4. The van der Waals surface area contributed by atoms with E-state index in [2.05, 4.69) is 10.6 Å². The van der Waals surface area contributed by atoms with Gasteiger partial charge in [0.15, 0.2) is 22.4 Å². The number of hydrogen-bond acceptors (Lipinski definition) is 13. The molecule has 18 heteroatoms. The number of anilines is 1. The van der Waals surface area contributed by atoms with Gasteiger partial charge >= 0.3 is 0 Å². The van der Waals surface area contributed by atoms with E-state index in [0.717, 1.165) is 5.57 Å². The van der Waals surface area contributed by atoms with E-state index < -0.39 is 67.6 Å². The summed E-state index contributed by atoms with van der Waals surface area (Å²) in [4.78, 5) is 53.0. The molecule has 1 aliphatic carbocycles. The Morgan fingerprint density at radius 1 is 0.789 bits per heavy atom. The molecule has 0 atom stereocenters. The van der Waals surface area contributed by atoms with Gasteiger partial charge in [-0.1, -0.05) is 11.6 Å². The SMILES string of the molecule is COc1c(O)c2c(=O)cc(CO)c3c4c(CO)cc(=O)c5c(NCCCC(=O)CCS(=O)(=O)O)c(CCCCC(=O)NCS(=O)(=O)O)c6c(c(c1CC(C)=C6)c23)c54. The zero-order chi connectivity index (χ0) is 41.6. The van der Waals surface area contributed by atoms with Gasteiger partial charge in [0.2, 0.25) is 5.91 Å². The lowest BCUT2D eigenvalue weighted by atomic mass is 9.80. The number of fused-ring (bicyclic) bond motifs is 1. The Labute approximate surface area is 326 Å². The van der Waals surface area contributed by atoms with Gasteiger partial charge < -0.3 is 30.7 Å². The maximum atomic E-state index is 14.4. The van der Waals surface area contributed by atoms with Crippen LogP contribution >= 0.6 is 0 Å². The van der Waals surface area contributed by atoms with Crippen LogP contribution in [0, 0.1) is 0 Å². The predicted octanol–water partition coefficient (Wildman–Crippen LogP) is 3.27. The van der Waals surface area contributed by atoms with E-state index >= 15 is 0 Å². The van der Waals surface area contributed by atoms with Gasteiger partial charge in [-0.15, -0.1) is 0 Å². The number of phenolic OH excluding ortho intramolecular Hbond substituents is 1. The molecule has 0 unspecified atom stereocenters. The van der Waals surface area contributed by atoms with Crippen LogP contribution in [-0.4, -0.2) is 78.2 Å². The number of aliphatic hydroxyl groups excluding tert-OH is 2. The van der Waals surface area contributed by atoms with Gasteiger partial charge in [0.25, 0.3) is 20.2 Å². The number of ether oxygens (including phenoxy) is 1. The number of Topliss-reactive ketones (excluding diaryl/α,β-unsaturated/α-hetero) is 1. The van der Waals surface area contributed by atoms with Crippen LogP contribution in [0.15, 0.2) is 27.3 Å². The molecule has 0 saturated carbocycles. The minimum absolute atomic E-state index is 0.0397. The normalized spacial score (nSPS) is 13.2. The topological polar surface area (TPSA) is 271 Å². The predicted molar refractivity (Wildman–Crippen MR) is 215 cm³/mol. The number of amides is 1. The highest BCUT2D eigenvalue weighted by molar-refractivity contribution is 7.86. The van der Waals surface area contributed by atoms with Gasteiger partial charge in [-0.05, 0) is 95.0 Å². The zero-order valence-corrected chi connectivity index (χ0v) is 32.8. The lowest BCUT2D eigenvalue weighted by Gasteiger charge is -2.26. The molecular weight excluding hydrogens is 785 g/mol. The average Bonchev–Trinajstić information content (AvgIpc) is 3.29. The maximum absolute atomic E-state index is 14.4. The number of benzene rings is 5. The van der Waals surface area contributed by atoms with E-state index in [1.807, 2.05) is 13.0 Å². The number of carbonyl (C=O) groups is 2. The highest BCUT2D eigenvalue weighted by Gasteiger charge is 2.32. The number of rotatable bonds is 18. The Bertz CT molecular complexity index is 2840. The van der Waals surface area contributed by atoms with Crippen LogP contribution in [0.2, 0.25) is 0 Å². The second-order valence-corrected chi connectivity index (χ2v) is 17.3. The van der Waals surface area contributed by atoms with Crippen LogP contribution in [0.1, 0.15) is 73.3 Å². The molecule has 0 radical (unpaired) electrons. The molecule has 0 aromatic heterocycles. The van der Waals surface area contributed by atoms with Crippen LogP contribution in [0.3, 0.4) is 0 Å². The third-order valence-electron chi connectivity index (χ3n) is 10.4. The van der Waals surface area contributed by atoms with E-state index in [1.165, 1.54) is 19.2 Å². The van der Waals surface area contributed by atoms with Crippen LogP contribution in [-0.2, 0) is 55.9 Å². The standard InChI is InChI=1S/C39H42N2O14S2/c1-19-12-24-23(7-3-4-8-28(47)41-18-57(52,53)54)37(40-10-5-6-22(44)9-11-56(49,50)51)33-26(45)14-20(16-42)29-30-21(17-43)15-27(46)34-36(30)32(31(24)35(29)33)25(13-19)39(55-2)38(34)48/h12,14-15,40,42-43,48H,3-11,13,16-18H2,1-2H3,(H,41,47)(H,49,50,51)(H,52,53,54).